The first-order valence-corrected chi connectivity index (χ1v) is 7.63. The van der Waals surface area contributed by atoms with Crippen molar-refractivity contribution in [1.29, 1.82) is 0 Å². The quantitative estimate of drug-likeness (QED) is 0.612. The lowest BCUT2D eigenvalue weighted by Crippen LogP contribution is -2.15. The van der Waals surface area contributed by atoms with Gasteiger partial charge in [-0.2, -0.15) is 0 Å². The number of hydrogen-bond acceptors (Lipinski definition) is 3. The van der Waals surface area contributed by atoms with Crippen LogP contribution in [-0.4, -0.2) is 18.7 Å². The molecule has 2 rings (SSSR count). The Morgan fingerprint density at radius 1 is 1.17 bits per heavy atom. The van der Waals surface area contributed by atoms with Crippen LogP contribution in [0, 0.1) is 10.5 Å². The molecule has 0 aliphatic heterocycles. The topological polar surface area (TPSA) is 56.1 Å². The van der Waals surface area contributed by atoms with Crippen LogP contribution in [0.1, 0.15) is 16.1 Å². The van der Waals surface area contributed by atoms with E-state index < -0.39 is 10.0 Å². The molecule has 0 aliphatic rings. The number of aldehydes is 1. The van der Waals surface area contributed by atoms with Crippen LogP contribution in [0.15, 0.2) is 41.4 Å². The van der Waals surface area contributed by atoms with E-state index in [2.05, 4.69) is 0 Å². The normalized spacial score (nSPS) is 11.4. The van der Waals surface area contributed by atoms with E-state index in [-0.39, 0.29) is 10.6 Å². The molecule has 0 saturated carbocycles. The molecule has 1 aromatic heterocycles. The van der Waals surface area contributed by atoms with Gasteiger partial charge in [-0.15, -0.1) is 0 Å². The molecule has 4 nitrogen and oxygen atoms in total. The first kappa shape index (κ1) is 13.3. The number of halogens is 1. The Labute approximate surface area is 119 Å². The smallest absolute Gasteiger partial charge is 0.268 e. The van der Waals surface area contributed by atoms with Gasteiger partial charge in [-0.1, -0.05) is 17.7 Å². The van der Waals surface area contributed by atoms with Crippen molar-refractivity contribution in [1.82, 2.24) is 3.97 Å². The highest BCUT2D eigenvalue weighted by atomic mass is 127. The molecule has 0 radical (unpaired) electrons. The number of carbonyl (C=O) groups is 1. The van der Waals surface area contributed by atoms with Gasteiger partial charge in [-0.3, -0.25) is 4.79 Å². The Morgan fingerprint density at radius 3 is 2.33 bits per heavy atom. The average molecular weight is 375 g/mol. The lowest BCUT2D eigenvalue weighted by atomic mass is 10.2. The zero-order valence-corrected chi connectivity index (χ0v) is 12.5. The van der Waals surface area contributed by atoms with Crippen LogP contribution in [-0.2, 0) is 10.0 Å². The number of nitrogens with zero attached hydrogens (tertiary/aromatic N) is 1. The van der Waals surface area contributed by atoms with Crippen molar-refractivity contribution in [3.8, 4) is 0 Å². The summed E-state index contributed by atoms with van der Waals surface area (Å²) in [7, 11) is -3.70. The summed E-state index contributed by atoms with van der Waals surface area (Å²) >= 11 is 1.93. The summed E-state index contributed by atoms with van der Waals surface area (Å²) < 4.78 is 26.3. The highest BCUT2D eigenvalue weighted by Crippen LogP contribution is 2.20. The van der Waals surface area contributed by atoms with Crippen LogP contribution in [0.3, 0.4) is 0 Å². The van der Waals surface area contributed by atoms with Crippen molar-refractivity contribution in [3.63, 3.8) is 0 Å². The molecule has 0 fully saturated rings. The highest BCUT2D eigenvalue weighted by molar-refractivity contribution is 14.1. The Morgan fingerprint density at radius 2 is 1.78 bits per heavy atom. The molecule has 0 amide bonds. The molecule has 0 spiro atoms. The van der Waals surface area contributed by atoms with Gasteiger partial charge in [0, 0.05) is 9.77 Å². The molecule has 0 aliphatic carbocycles. The molecule has 1 heterocycles. The van der Waals surface area contributed by atoms with Gasteiger partial charge in [-0.25, -0.2) is 12.4 Å². The number of aryl methyl sites for hydroxylation is 1. The van der Waals surface area contributed by atoms with Crippen LogP contribution < -0.4 is 0 Å². The SMILES string of the molecule is Cc1ccc(S(=O)(=O)n2ccc(I)c2C=O)cc1. The Kier molecular flexibility index (Phi) is 3.58. The van der Waals surface area contributed by atoms with Gasteiger partial charge in [0.05, 0.1) is 4.90 Å². The van der Waals surface area contributed by atoms with Crippen molar-refractivity contribution >= 4 is 38.9 Å². The summed E-state index contributed by atoms with van der Waals surface area (Å²) in [6.45, 7) is 1.88. The first-order chi connectivity index (χ1) is 8.46. The third-order valence-electron chi connectivity index (χ3n) is 2.53. The van der Waals surface area contributed by atoms with Crippen LogP contribution in [0.4, 0.5) is 0 Å². The van der Waals surface area contributed by atoms with Gasteiger partial charge < -0.3 is 0 Å². The second kappa shape index (κ2) is 4.85. The van der Waals surface area contributed by atoms with Crippen molar-refractivity contribution < 1.29 is 13.2 Å². The zero-order chi connectivity index (χ0) is 13.3. The van der Waals surface area contributed by atoms with E-state index in [1.165, 1.54) is 18.3 Å². The second-order valence-electron chi connectivity index (χ2n) is 3.78. The lowest BCUT2D eigenvalue weighted by Gasteiger charge is -2.07. The van der Waals surface area contributed by atoms with E-state index >= 15 is 0 Å². The summed E-state index contributed by atoms with van der Waals surface area (Å²) in [6.07, 6.45) is 1.94. The minimum Gasteiger partial charge on any atom is -0.296 e. The minimum atomic E-state index is -3.70. The molecule has 0 unspecified atom stereocenters. The summed E-state index contributed by atoms with van der Waals surface area (Å²) in [4.78, 5) is 11.1. The molecule has 18 heavy (non-hydrogen) atoms. The lowest BCUT2D eigenvalue weighted by molar-refractivity contribution is 0.111. The van der Waals surface area contributed by atoms with E-state index in [4.69, 9.17) is 0 Å². The largest absolute Gasteiger partial charge is 0.296 e. The van der Waals surface area contributed by atoms with Crippen molar-refractivity contribution in [2.45, 2.75) is 11.8 Å². The van der Waals surface area contributed by atoms with E-state index in [9.17, 15) is 13.2 Å². The van der Waals surface area contributed by atoms with E-state index in [0.29, 0.717) is 9.86 Å². The molecular weight excluding hydrogens is 365 g/mol. The molecule has 0 bridgehead atoms. The number of hydrogen-bond donors (Lipinski definition) is 0. The zero-order valence-electron chi connectivity index (χ0n) is 9.50. The summed E-state index contributed by atoms with van der Waals surface area (Å²) in [6, 6.07) is 8.11. The standard InChI is InChI=1S/C12H10INO3S/c1-9-2-4-10(5-3-9)18(16,17)14-7-6-11(13)12(14)8-15/h2-8H,1H3. The molecule has 0 atom stereocenters. The highest BCUT2D eigenvalue weighted by Gasteiger charge is 2.20. The number of carbonyl (C=O) groups excluding carboxylic acids is 1. The van der Waals surface area contributed by atoms with Gasteiger partial charge in [0.25, 0.3) is 10.0 Å². The van der Waals surface area contributed by atoms with E-state index in [1.54, 1.807) is 18.2 Å². The molecule has 0 N–H and O–H groups in total. The fraction of sp³-hybridized carbons (Fsp3) is 0.0833. The van der Waals surface area contributed by atoms with Crippen LogP contribution in [0.2, 0.25) is 0 Å². The van der Waals surface area contributed by atoms with Gasteiger partial charge in [-0.05, 0) is 47.7 Å². The molecular formula is C12H10INO3S. The van der Waals surface area contributed by atoms with Gasteiger partial charge in [0.15, 0.2) is 6.29 Å². The number of benzene rings is 1. The van der Waals surface area contributed by atoms with Crippen LogP contribution >= 0.6 is 22.6 Å². The molecule has 6 heteroatoms. The predicted molar refractivity (Wildman–Crippen MR) is 76.3 cm³/mol. The maximum atomic E-state index is 12.3. The Balaban J connectivity index is 2.61. The molecule has 1 aromatic carbocycles. The van der Waals surface area contributed by atoms with Gasteiger partial charge in [0.2, 0.25) is 0 Å². The summed E-state index contributed by atoms with van der Waals surface area (Å²) in [5.41, 5.74) is 1.13. The Bertz CT molecular complexity index is 687. The number of aromatic nitrogens is 1. The predicted octanol–water partition coefficient (Wildman–Crippen LogP) is 2.45. The first-order valence-electron chi connectivity index (χ1n) is 5.11. The second-order valence-corrected chi connectivity index (χ2v) is 6.76. The third kappa shape index (κ3) is 2.22. The van der Waals surface area contributed by atoms with Gasteiger partial charge in [0.1, 0.15) is 5.69 Å². The van der Waals surface area contributed by atoms with Crippen molar-refractivity contribution in [3.05, 3.63) is 51.4 Å². The number of rotatable bonds is 3. The van der Waals surface area contributed by atoms with Crippen molar-refractivity contribution in [2.75, 3.05) is 0 Å². The monoisotopic (exact) mass is 375 g/mol. The van der Waals surface area contributed by atoms with Crippen LogP contribution in [0.5, 0.6) is 0 Å². The summed E-state index contributed by atoms with van der Waals surface area (Å²) in [5.74, 6) is 0. The van der Waals surface area contributed by atoms with Gasteiger partial charge >= 0.3 is 0 Å². The fourth-order valence-electron chi connectivity index (χ4n) is 1.55. The average Bonchev–Trinajstić information content (AvgIpc) is 2.71. The van der Waals surface area contributed by atoms with E-state index in [1.807, 2.05) is 29.5 Å². The van der Waals surface area contributed by atoms with E-state index in [0.717, 1.165) is 9.54 Å². The summed E-state index contributed by atoms with van der Waals surface area (Å²) in [5, 5.41) is 0. The third-order valence-corrected chi connectivity index (χ3v) is 5.14. The van der Waals surface area contributed by atoms with Crippen molar-refractivity contribution in [2.24, 2.45) is 0 Å². The minimum absolute atomic E-state index is 0.149. The fourth-order valence-corrected chi connectivity index (χ4v) is 3.59. The maximum absolute atomic E-state index is 12.3. The molecule has 0 saturated heterocycles. The molecule has 94 valence electrons. The molecule has 2 aromatic rings. The van der Waals surface area contributed by atoms with Crippen LogP contribution in [0.25, 0.3) is 0 Å². The Hall–Kier alpha value is -1.15. The maximum Gasteiger partial charge on any atom is 0.268 e.